The Bertz CT molecular complexity index is 401. The maximum Gasteiger partial charge on any atom is 0.191 e. The van der Waals surface area contributed by atoms with E-state index >= 15 is 0 Å². The van der Waals surface area contributed by atoms with Crippen LogP contribution in [0.1, 0.15) is 39.4 Å². The molecule has 1 aromatic heterocycles. The van der Waals surface area contributed by atoms with Crippen molar-refractivity contribution in [2.24, 2.45) is 18.0 Å². The standard InChI is InChI=1S/C13H26N6.HI/c1-10(2)6-7-11(3)18-13(14-4)15-8-12-16-9-17-19(12)5;/h9-11H,6-8H2,1-5H3,(H2,14,15,18);1H. The molecule has 0 saturated heterocycles. The van der Waals surface area contributed by atoms with Gasteiger partial charge in [0.15, 0.2) is 5.96 Å². The lowest BCUT2D eigenvalue weighted by atomic mass is 10.0. The molecule has 0 amide bonds. The molecule has 1 atom stereocenters. The van der Waals surface area contributed by atoms with Crippen LogP contribution < -0.4 is 10.6 Å². The first kappa shape index (κ1) is 19.1. The molecule has 1 aromatic rings. The minimum absolute atomic E-state index is 0. The highest BCUT2D eigenvalue weighted by atomic mass is 127. The van der Waals surface area contributed by atoms with Gasteiger partial charge in [0.05, 0.1) is 6.54 Å². The van der Waals surface area contributed by atoms with Crippen molar-refractivity contribution in [3.63, 3.8) is 0 Å². The number of guanidine groups is 1. The molecule has 1 unspecified atom stereocenters. The molecule has 0 aromatic carbocycles. The summed E-state index contributed by atoms with van der Waals surface area (Å²) in [6, 6.07) is 0.410. The van der Waals surface area contributed by atoms with E-state index in [2.05, 4.69) is 46.5 Å². The average molecular weight is 394 g/mol. The molecule has 0 saturated carbocycles. The summed E-state index contributed by atoms with van der Waals surface area (Å²) in [5.41, 5.74) is 0. The molecule has 0 aliphatic carbocycles. The van der Waals surface area contributed by atoms with Crippen LogP contribution in [0, 0.1) is 5.92 Å². The van der Waals surface area contributed by atoms with Crippen LogP contribution in [0.4, 0.5) is 0 Å². The SMILES string of the molecule is CN=C(NCc1ncnn1C)NC(C)CCC(C)C.I. The summed E-state index contributed by atoms with van der Waals surface area (Å²) < 4.78 is 1.75. The summed E-state index contributed by atoms with van der Waals surface area (Å²) in [7, 11) is 3.66. The number of aliphatic imine (C=N–C) groups is 1. The van der Waals surface area contributed by atoms with Crippen LogP contribution in [-0.2, 0) is 13.6 Å². The van der Waals surface area contributed by atoms with Crippen LogP contribution >= 0.6 is 24.0 Å². The van der Waals surface area contributed by atoms with Gasteiger partial charge in [-0.3, -0.25) is 9.67 Å². The molecule has 1 heterocycles. The molecular weight excluding hydrogens is 367 g/mol. The zero-order valence-electron chi connectivity index (χ0n) is 13.1. The van der Waals surface area contributed by atoms with Crippen LogP contribution in [-0.4, -0.2) is 33.8 Å². The average Bonchev–Trinajstić information content (AvgIpc) is 2.77. The Labute approximate surface area is 138 Å². The lowest BCUT2D eigenvalue weighted by molar-refractivity contribution is 0.488. The molecular formula is C13H27IN6. The topological polar surface area (TPSA) is 67.1 Å². The molecule has 1 rings (SSSR count). The summed E-state index contributed by atoms with van der Waals surface area (Å²) in [4.78, 5) is 8.39. The van der Waals surface area contributed by atoms with Gasteiger partial charge in [-0.1, -0.05) is 13.8 Å². The van der Waals surface area contributed by atoms with Crippen molar-refractivity contribution in [2.75, 3.05) is 7.05 Å². The van der Waals surface area contributed by atoms with Crippen molar-refractivity contribution in [1.29, 1.82) is 0 Å². The summed E-state index contributed by atoms with van der Waals surface area (Å²) in [5, 5.41) is 10.7. The van der Waals surface area contributed by atoms with E-state index in [1.54, 1.807) is 18.1 Å². The van der Waals surface area contributed by atoms with Gasteiger partial charge in [0.25, 0.3) is 0 Å². The van der Waals surface area contributed by atoms with Gasteiger partial charge in [-0.05, 0) is 25.7 Å². The van der Waals surface area contributed by atoms with E-state index in [1.165, 1.54) is 6.42 Å². The number of aromatic nitrogens is 3. The third-order valence-corrected chi connectivity index (χ3v) is 3.00. The third kappa shape index (κ3) is 7.06. The van der Waals surface area contributed by atoms with Crippen LogP contribution in [0.2, 0.25) is 0 Å². The lowest BCUT2D eigenvalue weighted by Gasteiger charge is -2.18. The first-order valence-corrected chi connectivity index (χ1v) is 6.83. The minimum Gasteiger partial charge on any atom is -0.354 e. The molecule has 116 valence electrons. The van der Waals surface area contributed by atoms with Crippen molar-refractivity contribution < 1.29 is 0 Å². The van der Waals surface area contributed by atoms with E-state index in [-0.39, 0.29) is 24.0 Å². The second-order valence-electron chi connectivity index (χ2n) is 5.24. The quantitative estimate of drug-likeness (QED) is 0.440. The zero-order valence-corrected chi connectivity index (χ0v) is 15.4. The minimum atomic E-state index is 0. The van der Waals surface area contributed by atoms with Crippen molar-refractivity contribution in [2.45, 2.75) is 46.2 Å². The maximum atomic E-state index is 4.22. The smallest absolute Gasteiger partial charge is 0.191 e. The highest BCUT2D eigenvalue weighted by Gasteiger charge is 2.07. The van der Waals surface area contributed by atoms with Gasteiger partial charge in [-0.25, -0.2) is 4.98 Å². The van der Waals surface area contributed by atoms with E-state index in [9.17, 15) is 0 Å². The van der Waals surface area contributed by atoms with Gasteiger partial charge in [0.2, 0.25) is 0 Å². The monoisotopic (exact) mass is 394 g/mol. The first-order chi connectivity index (χ1) is 9.02. The largest absolute Gasteiger partial charge is 0.354 e. The van der Waals surface area contributed by atoms with Gasteiger partial charge in [-0.15, -0.1) is 24.0 Å². The molecule has 7 heteroatoms. The van der Waals surface area contributed by atoms with E-state index in [0.717, 1.165) is 24.1 Å². The van der Waals surface area contributed by atoms with Crippen LogP contribution in [0.3, 0.4) is 0 Å². The number of nitrogens with zero attached hydrogens (tertiary/aromatic N) is 4. The molecule has 0 aliphatic rings. The predicted octanol–water partition coefficient (Wildman–Crippen LogP) is 1.92. The van der Waals surface area contributed by atoms with Crippen LogP contribution in [0.25, 0.3) is 0 Å². The van der Waals surface area contributed by atoms with Gasteiger partial charge in [0, 0.05) is 20.1 Å². The molecule has 6 nitrogen and oxygen atoms in total. The van der Waals surface area contributed by atoms with Crippen LogP contribution in [0.5, 0.6) is 0 Å². The second kappa shape index (κ2) is 9.95. The number of hydrogen-bond acceptors (Lipinski definition) is 3. The number of nitrogens with one attached hydrogen (secondary N) is 2. The second-order valence-corrected chi connectivity index (χ2v) is 5.24. The highest BCUT2D eigenvalue weighted by molar-refractivity contribution is 14.0. The Morgan fingerprint density at radius 2 is 2.05 bits per heavy atom. The van der Waals surface area contributed by atoms with Crippen molar-refractivity contribution in [1.82, 2.24) is 25.4 Å². The Balaban J connectivity index is 0.00000361. The fourth-order valence-corrected chi connectivity index (χ4v) is 1.73. The number of rotatable bonds is 6. The van der Waals surface area contributed by atoms with Gasteiger partial charge in [0.1, 0.15) is 12.2 Å². The van der Waals surface area contributed by atoms with E-state index < -0.39 is 0 Å². The molecule has 0 radical (unpaired) electrons. The number of hydrogen-bond donors (Lipinski definition) is 2. The predicted molar refractivity (Wildman–Crippen MR) is 93.3 cm³/mol. The molecule has 0 fully saturated rings. The van der Waals surface area contributed by atoms with Gasteiger partial charge in [-0.2, -0.15) is 5.10 Å². The van der Waals surface area contributed by atoms with Gasteiger partial charge < -0.3 is 10.6 Å². The zero-order chi connectivity index (χ0) is 14.3. The Morgan fingerprint density at radius 1 is 1.35 bits per heavy atom. The van der Waals surface area contributed by atoms with Crippen molar-refractivity contribution >= 4 is 29.9 Å². The number of halogens is 1. The summed E-state index contributed by atoms with van der Waals surface area (Å²) in [6.45, 7) is 7.28. The fraction of sp³-hybridized carbons (Fsp3) is 0.769. The van der Waals surface area contributed by atoms with E-state index in [0.29, 0.717) is 12.6 Å². The fourth-order valence-electron chi connectivity index (χ4n) is 1.73. The Morgan fingerprint density at radius 3 is 2.55 bits per heavy atom. The molecule has 20 heavy (non-hydrogen) atoms. The third-order valence-electron chi connectivity index (χ3n) is 3.00. The van der Waals surface area contributed by atoms with Crippen LogP contribution in [0.15, 0.2) is 11.3 Å². The van der Waals surface area contributed by atoms with Crippen molar-refractivity contribution in [3.05, 3.63) is 12.2 Å². The van der Waals surface area contributed by atoms with E-state index in [4.69, 9.17) is 0 Å². The normalized spacial score (nSPS) is 13.0. The summed E-state index contributed by atoms with van der Waals surface area (Å²) in [5.74, 6) is 2.43. The summed E-state index contributed by atoms with van der Waals surface area (Å²) in [6.07, 6.45) is 3.91. The molecule has 0 aliphatic heterocycles. The number of aryl methyl sites for hydroxylation is 1. The first-order valence-electron chi connectivity index (χ1n) is 6.83. The van der Waals surface area contributed by atoms with Gasteiger partial charge >= 0.3 is 0 Å². The lowest BCUT2D eigenvalue weighted by Crippen LogP contribution is -2.42. The highest BCUT2D eigenvalue weighted by Crippen LogP contribution is 2.06. The maximum absolute atomic E-state index is 4.22. The molecule has 2 N–H and O–H groups in total. The van der Waals surface area contributed by atoms with Crippen molar-refractivity contribution in [3.8, 4) is 0 Å². The molecule has 0 bridgehead atoms. The molecule has 0 spiro atoms. The summed E-state index contributed by atoms with van der Waals surface area (Å²) >= 11 is 0. The van der Waals surface area contributed by atoms with E-state index in [1.807, 2.05) is 7.05 Å². The Kier molecular flexibility index (Phi) is 9.52. The Hall–Kier alpha value is -0.860.